The van der Waals surface area contributed by atoms with E-state index < -0.39 is 5.97 Å². The largest absolute Gasteiger partial charge is 0.478 e. The molecule has 100 valence electrons. The molecule has 0 bridgehead atoms. The molecule has 0 saturated heterocycles. The molecule has 0 amide bonds. The third-order valence-electron chi connectivity index (χ3n) is 3.34. The molecule has 1 N–H and O–H groups in total. The Kier molecular flexibility index (Phi) is 4.15. The Morgan fingerprint density at radius 3 is 2.68 bits per heavy atom. The Bertz CT molecular complexity index is 605. The fourth-order valence-corrected chi connectivity index (χ4v) is 2.22. The van der Waals surface area contributed by atoms with Crippen molar-refractivity contribution in [1.29, 1.82) is 0 Å². The van der Waals surface area contributed by atoms with Crippen molar-refractivity contribution in [2.24, 2.45) is 0 Å². The Balaban J connectivity index is 2.56. The number of nitrogens with zero attached hydrogens (tertiary/aromatic N) is 1. The van der Waals surface area contributed by atoms with Crippen LogP contribution in [0, 0.1) is 0 Å². The number of rotatable bonds is 5. The van der Waals surface area contributed by atoms with Gasteiger partial charge in [-0.1, -0.05) is 26.3 Å². The van der Waals surface area contributed by atoms with Crippen LogP contribution in [0.4, 0.5) is 0 Å². The van der Waals surface area contributed by atoms with E-state index in [0.29, 0.717) is 5.56 Å². The monoisotopic (exact) mass is 257 g/mol. The summed E-state index contributed by atoms with van der Waals surface area (Å²) < 4.78 is 0. The Labute approximate surface area is 113 Å². The van der Waals surface area contributed by atoms with E-state index in [4.69, 9.17) is 0 Å². The van der Waals surface area contributed by atoms with Gasteiger partial charge in [0.25, 0.3) is 0 Å². The molecule has 2 rings (SSSR count). The second-order valence-corrected chi connectivity index (χ2v) is 4.77. The summed E-state index contributed by atoms with van der Waals surface area (Å²) in [6, 6.07) is 7.65. The minimum atomic E-state index is -0.880. The van der Waals surface area contributed by atoms with Crippen molar-refractivity contribution >= 4 is 16.9 Å². The Hall–Kier alpha value is -1.90. The van der Waals surface area contributed by atoms with E-state index in [1.165, 1.54) is 5.56 Å². The average Bonchev–Trinajstić information content (AvgIpc) is 2.43. The van der Waals surface area contributed by atoms with Crippen LogP contribution in [-0.2, 0) is 12.8 Å². The summed E-state index contributed by atoms with van der Waals surface area (Å²) in [6.45, 7) is 4.13. The standard InChI is InChI=1S/C16H19NO2/c1-3-5-6-11-7-8-15-13(9-11)14(16(18)19)10-12(4-2)17-15/h7-10H,3-6H2,1-2H3,(H,18,19). The second-order valence-electron chi connectivity index (χ2n) is 4.77. The van der Waals surface area contributed by atoms with Gasteiger partial charge in [0, 0.05) is 11.1 Å². The first kappa shape index (κ1) is 13.5. The summed E-state index contributed by atoms with van der Waals surface area (Å²) in [4.78, 5) is 15.9. The van der Waals surface area contributed by atoms with Gasteiger partial charge in [0.2, 0.25) is 0 Å². The van der Waals surface area contributed by atoms with Crippen molar-refractivity contribution in [1.82, 2.24) is 4.98 Å². The number of aryl methyl sites for hydroxylation is 2. The van der Waals surface area contributed by atoms with Gasteiger partial charge in [0.1, 0.15) is 0 Å². The van der Waals surface area contributed by atoms with E-state index in [1.54, 1.807) is 6.07 Å². The van der Waals surface area contributed by atoms with E-state index in [1.807, 2.05) is 19.1 Å². The van der Waals surface area contributed by atoms with Crippen molar-refractivity contribution in [2.45, 2.75) is 39.5 Å². The Morgan fingerprint density at radius 1 is 1.26 bits per heavy atom. The molecule has 2 aromatic rings. The predicted molar refractivity (Wildman–Crippen MR) is 76.7 cm³/mol. The average molecular weight is 257 g/mol. The van der Waals surface area contributed by atoms with Gasteiger partial charge in [-0.3, -0.25) is 4.98 Å². The number of hydrogen-bond donors (Lipinski definition) is 1. The smallest absolute Gasteiger partial charge is 0.336 e. The molecule has 1 aromatic carbocycles. The molecule has 3 heteroatoms. The minimum absolute atomic E-state index is 0.361. The van der Waals surface area contributed by atoms with Gasteiger partial charge in [-0.25, -0.2) is 4.79 Å². The number of pyridine rings is 1. The van der Waals surface area contributed by atoms with Crippen LogP contribution >= 0.6 is 0 Å². The lowest BCUT2D eigenvalue weighted by molar-refractivity contribution is 0.0699. The number of benzene rings is 1. The molecule has 1 heterocycles. The predicted octanol–water partition coefficient (Wildman–Crippen LogP) is 3.84. The zero-order chi connectivity index (χ0) is 13.8. The third-order valence-corrected chi connectivity index (χ3v) is 3.34. The van der Waals surface area contributed by atoms with E-state index in [-0.39, 0.29) is 0 Å². The van der Waals surface area contributed by atoms with Crippen LogP contribution in [0.2, 0.25) is 0 Å². The molecule has 0 saturated carbocycles. The molecule has 0 unspecified atom stereocenters. The second kappa shape index (κ2) is 5.83. The number of unbranched alkanes of at least 4 members (excludes halogenated alkanes) is 1. The number of aromatic carboxylic acids is 1. The summed E-state index contributed by atoms with van der Waals surface area (Å²) >= 11 is 0. The molecule has 1 aromatic heterocycles. The maximum absolute atomic E-state index is 11.4. The maximum Gasteiger partial charge on any atom is 0.336 e. The zero-order valence-corrected chi connectivity index (χ0v) is 11.4. The van der Waals surface area contributed by atoms with E-state index in [9.17, 15) is 9.90 Å². The summed E-state index contributed by atoms with van der Waals surface area (Å²) in [7, 11) is 0. The van der Waals surface area contributed by atoms with Gasteiger partial charge >= 0.3 is 5.97 Å². The number of aromatic nitrogens is 1. The summed E-state index contributed by atoms with van der Waals surface area (Å²) in [5.74, 6) is -0.880. The first-order chi connectivity index (χ1) is 9.15. The van der Waals surface area contributed by atoms with E-state index in [2.05, 4.69) is 18.0 Å². The van der Waals surface area contributed by atoms with Crippen molar-refractivity contribution < 1.29 is 9.90 Å². The molecule has 0 fully saturated rings. The lowest BCUT2D eigenvalue weighted by Gasteiger charge is -2.08. The number of carboxylic acid groups (broad SMARTS) is 1. The van der Waals surface area contributed by atoms with Gasteiger partial charge < -0.3 is 5.11 Å². The quantitative estimate of drug-likeness (QED) is 0.885. The highest BCUT2D eigenvalue weighted by atomic mass is 16.4. The molecule has 0 radical (unpaired) electrons. The van der Waals surface area contributed by atoms with E-state index >= 15 is 0 Å². The van der Waals surface area contributed by atoms with Gasteiger partial charge in [-0.05, 0) is 43.0 Å². The van der Waals surface area contributed by atoms with Crippen molar-refractivity contribution in [3.05, 3.63) is 41.1 Å². The highest BCUT2D eigenvalue weighted by Crippen LogP contribution is 2.21. The summed E-state index contributed by atoms with van der Waals surface area (Å²) in [5, 5.41) is 10.1. The molecule has 3 nitrogen and oxygen atoms in total. The maximum atomic E-state index is 11.4. The van der Waals surface area contributed by atoms with Crippen LogP contribution in [0.15, 0.2) is 24.3 Å². The highest BCUT2D eigenvalue weighted by molar-refractivity contribution is 6.02. The number of carbonyl (C=O) groups is 1. The molecule has 19 heavy (non-hydrogen) atoms. The van der Waals surface area contributed by atoms with Gasteiger partial charge in [0.05, 0.1) is 11.1 Å². The lowest BCUT2D eigenvalue weighted by atomic mass is 10.0. The van der Waals surface area contributed by atoms with Crippen LogP contribution < -0.4 is 0 Å². The van der Waals surface area contributed by atoms with Crippen LogP contribution in [0.5, 0.6) is 0 Å². The fourth-order valence-electron chi connectivity index (χ4n) is 2.22. The SMILES string of the molecule is CCCCc1ccc2nc(CC)cc(C(=O)O)c2c1. The summed E-state index contributed by atoms with van der Waals surface area (Å²) in [5.41, 5.74) is 3.14. The topological polar surface area (TPSA) is 50.2 Å². The van der Waals surface area contributed by atoms with Crippen molar-refractivity contribution in [3.8, 4) is 0 Å². The first-order valence-electron chi connectivity index (χ1n) is 6.81. The Morgan fingerprint density at radius 2 is 2.05 bits per heavy atom. The number of hydrogen-bond acceptors (Lipinski definition) is 2. The molecule has 0 atom stereocenters. The highest BCUT2D eigenvalue weighted by Gasteiger charge is 2.11. The van der Waals surface area contributed by atoms with Crippen LogP contribution in [0.1, 0.15) is 48.3 Å². The van der Waals surface area contributed by atoms with Crippen molar-refractivity contribution in [2.75, 3.05) is 0 Å². The zero-order valence-electron chi connectivity index (χ0n) is 11.4. The van der Waals surface area contributed by atoms with E-state index in [0.717, 1.165) is 42.3 Å². The lowest BCUT2D eigenvalue weighted by Crippen LogP contribution is -2.02. The molecule has 0 aliphatic rings. The van der Waals surface area contributed by atoms with Gasteiger partial charge in [0.15, 0.2) is 0 Å². The molecule has 0 aliphatic carbocycles. The summed E-state index contributed by atoms with van der Waals surface area (Å²) in [6.07, 6.45) is 3.99. The molecular formula is C16H19NO2. The molecule has 0 aliphatic heterocycles. The van der Waals surface area contributed by atoms with Crippen LogP contribution in [0.3, 0.4) is 0 Å². The number of fused-ring (bicyclic) bond motifs is 1. The van der Waals surface area contributed by atoms with Crippen LogP contribution in [0.25, 0.3) is 10.9 Å². The van der Waals surface area contributed by atoms with Gasteiger partial charge in [-0.2, -0.15) is 0 Å². The minimum Gasteiger partial charge on any atom is -0.478 e. The van der Waals surface area contributed by atoms with Gasteiger partial charge in [-0.15, -0.1) is 0 Å². The third kappa shape index (κ3) is 2.92. The molecule has 0 spiro atoms. The first-order valence-corrected chi connectivity index (χ1v) is 6.81. The normalized spacial score (nSPS) is 10.8. The van der Waals surface area contributed by atoms with Crippen LogP contribution in [-0.4, -0.2) is 16.1 Å². The number of carboxylic acids is 1. The molecular weight excluding hydrogens is 238 g/mol. The van der Waals surface area contributed by atoms with Crippen molar-refractivity contribution in [3.63, 3.8) is 0 Å². The fraction of sp³-hybridized carbons (Fsp3) is 0.375.